The fraction of sp³-hybridized carbons (Fsp3) is 0.700. The van der Waals surface area contributed by atoms with Crippen LogP contribution in [0.15, 0.2) is 0 Å². The van der Waals surface area contributed by atoms with E-state index in [4.69, 9.17) is 10.8 Å². The molecule has 0 saturated carbocycles. The maximum absolute atomic E-state index is 10.7. The van der Waals surface area contributed by atoms with E-state index in [2.05, 4.69) is 0 Å². The van der Waals surface area contributed by atoms with Crippen LogP contribution in [0, 0.1) is 0 Å². The van der Waals surface area contributed by atoms with Gasteiger partial charge in [-0.3, -0.25) is 4.90 Å². The van der Waals surface area contributed by atoms with Gasteiger partial charge in [0.1, 0.15) is 0 Å². The number of aliphatic hydroxyl groups is 1. The van der Waals surface area contributed by atoms with E-state index in [1.54, 1.807) is 0 Å². The number of β-amino-alcohol motifs (C(OH)–C–C–N with tert-alkyl or cyclic N) is 1. The Bertz CT molecular complexity index is 344. The number of carbonyl (C=O) groups is 3. The average Bonchev–Trinajstić information content (AvgIpc) is 2.25. The van der Waals surface area contributed by atoms with E-state index in [9.17, 15) is 29.7 Å². The molecule has 0 aliphatic heterocycles. The molecule has 0 aliphatic rings. The molecule has 0 unspecified atom stereocenters. The molecule has 0 amide bonds. The first-order valence-electron chi connectivity index (χ1n) is 5.43. The Balaban J connectivity index is -0.000000162. The van der Waals surface area contributed by atoms with Crippen molar-refractivity contribution in [1.82, 2.24) is 4.90 Å². The summed E-state index contributed by atoms with van der Waals surface area (Å²) in [4.78, 5) is 33.0. The second-order valence-corrected chi connectivity index (χ2v) is 4.04. The van der Waals surface area contributed by atoms with Gasteiger partial charge in [-0.1, -0.05) is 0 Å². The summed E-state index contributed by atoms with van der Waals surface area (Å²) in [6.07, 6.45) is -1.60. The monoisotopic (exact) mass is 380 g/mol. The van der Waals surface area contributed by atoms with Crippen LogP contribution >= 0.6 is 0 Å². The first-order chi connectivity index (χ1) is 8.77. The van der Waals surface area contributed by atoms with Crippen LogP contribution in [0.5, 0.6) is 0 Å². The van der Waals surface area contributed by atoms with Crippen molar-refractivity contribution in [3.63, 3.8) is 0 Å². The van der Waals surface area contributed by atoms with E-state index in [0.29, 0.717) is 0 Å². The minimum atomic E-state index is -1.71. The average molecular weight is 380 g/mol. The van der Waals surface area contributed by atoms with Crippen LogP contribution < -0.4 is 110 Å². The number of nitrogens with two attached hydrogens (primary N) is 1. The molecule has 0 radical (unpaired) electrons. The summed E-state index contributed by atoms with van der Waals surface area (Å²) in [5.74, 6) is -4.73. The largest absolute Gasteiger partial charge is 1.00 e. The summed E-state index contributed by atoms with van der Waals surface area (Å²) in [7, 11) is 0. The number of hydrogen-bond acceptors (Lipinski definition) is 9. The van der Waals surface area contributed by atoms with Gasteiger partial charge in [-0.2, -0.15) is 0 Å². The van der Waals surface area contributed by atoms with Gasteiger partial charge >= 0.3 is 88.7 Å². The van der Waals surface area contributed by atoms with Gasteiger partial charge in [-0.05, 0) is 0 Å². The van der Waals surface area contributed by atoms with Gasteiger partial charge < -0.3 is 51.5 Å². The van der Waals surface area contributed by atoms with Crippen LogP contribution in [0.1, 0.15) is 12.8 Å². The molecule has 126 valence electrons. The van der Waals surface area contributed by atoms with Crippen molar-refractivity contribution in [3.8, 4) is 0 Å². The third-order valence-electron chi connectivity index (χ3n) is 2.69. The molecule has 0 aromatic rings. The molecule has 0 aromatic carbocycles. The number of carboxylic acids is 3. The molecule has 0 spiro atoms. The van der Waals surface area contributed by atoms with Gasteiger partial charge in [0.2, 0.25) is 0 Å². The van der Waals surface area contributed by atoms with E-state index in [-0.39, 0.29) is 106 Å². The van der Waals surface area contributed by atoms with Crippen molar-refractivity contribution in [3.05, 3.63) is 0 Å². The van der Waals surface area contributed by atoms with Gasteiger partial charge in [-0.15, -0.1) is 0 Å². The van der Waals surface area contributed by atoms with Gasteiger partial charge in [0.05, 0.1) is 12.6 Å². The van der Waals surface area contributed by atoms with Gasteiger partial charge in [0.25, 0.3) is 0 Å². The van der Waals surface area contributed by atoms with Crippen molar-refractivity contribution >= 4 is 17.9 Å². The molecular formula is C10H19N2Na3O9. The molecule has 14 heteroatoms. The number of carboxylic acid groups (broad SMARTS) is 3. The first kappa shape index (κ1) is 40.0. The fourth-order valence-corrected chi connectivity index (χ4v) is 1.86. The molecule has 11 nitrogen and oxygen atoms in total. The topological polar surface area (TPSA) is 233 Å². The van der Waals surface area contributed by atoms with Crippen molar-refractivity contribution in [1.29, 1.82) is 0 Å². The standard InChI is InChI=1S/C10H18N2O7.3Na.2H2O/c11-6-10(3-7(14)15,4-8(16)17)12(1-2-13)5-9(18)19;;;;;/h13H,1-6,11H2,(H,14,15)(H,16,17)(H,18,19);;;;2*1H2/q;3*+1;;/p-3. The molecule has 24 heavy (non-hydrogen) atoms. The Morgan fingerprint density at radius 3 is 1.50 bits per heavy atom. The van der Waals surface area contributed by atoms with Crippen LogP contribution in [-0.4, -0.2) is 70.6 Å². The van der Waals surface area contributed by atoms with Crippen LogP contribution in [0.25, 0.3) is 0 Å². The predicted molar refractivity (Wildman–Crippen MR) is 61.9 cm³/mol. The number of rotatable bonds is 10. The molecule has 0 saturated heterocycles. The van der Waals surface area contributed by atoms with Crippen molar-refractivity contribution in [2.24, 2.45) is 5.73 Å². The molecule has 0 aliphatic carbocycles. The van der Waals surface area contributed by atoms with Gasteiger partial charge in [0, 0.05) is 50.0 Å². The molecule has 0 atom stereocenters. The summed E-state index contributed by atoms with van der Waals surface area (Å²) in [5.41, 5.74) is 3.68. The summed E-state index contributed by atoms with van der Waals surface area (Å²) < 4.78 is 0. The maximum Gasteiger partial charge on any atom is 1.00 e. The van der Waals surface area contributed by atoms with Crippen molar-refractivity contribution < 1.29 is 134 Å². The molecule has 0 rings (SSSR count). The van der Waals surface area contributed by atoms with Crippen LogP contribution in [-0.2, 0) is 14.4 Å². The molecule has 0 aromatic heterocycles. The Hall–Kier alpha value is 1.21. The van der Waals surface area contributed by atoms with Gasteiger partial charge in [-0.25, -0.2) is 0 Å². The minimum Gasteiger partial charge on any atom is -0.550 e. The quantitative estimate of drug-likeness (QED) is 0.342. The summed E-state index contributed by atoms with van der Waals surface area (Å²) >= 11 is 0. The van der Waals surface area contributed by atoms with Crippen LogP contribution in [0.3, 0.4) is 0 Å². The Labute approximate surface area is 205 Å². The van der Waals surface area contributed by atoms with E-state index in [1.807, 2.05) is 0 Å². The minimum absolute atomic E-state index is 0. The SMILES string of the molecule is NCC(CC(=O)[O-])(CC(=O)[O-])N(CCO)CC(=O)[O-].O.O.[Na+].[Na+].[Na+]. The Morgan fingerprint density at radius 1 is 0.917 bits per heavy atom. The van der Waals surface area contributed by atoms with E-state index in [0.717, 1.165) is 4.90 Å². The van der Waals surface area contributed by atoms with Crippen LogP contribution in [0.2, 0.25) is 0 Å². The Morgan fingerprint density at radius 2 is 1.29 bits per heavy atom. The number of aliphatic carboxylic acids is 3. The van der Waals surface area contributed by atoms with Gasteiger partial charge in [0.15, 0.2) is 0 Å². The first-order valence-corrected chi connectivity index (χ1v) is 5.43. The number of nitrogens with zero attached hydrogens (tertiary/aromatic N) is 1. The predicted octanol–water partition coefficient (Wildman–Crippen LogP) is -16.6. The van der Waals surface area contributed by atoms with E-state index < -0.39 is 56.0 Å². The molecule has 0 heterocycles. The third kappa shape index (κ3) is 15.5. The summed E-state index contributed by atoms with van der Waals surface area (Å²) in [6, 6.07) is 0. The molecule has 0 fully saturated rings. The third-order valence-corrected chi connectivity index (χ3v) is 2.69. The summed E-state index contributed by atoms with van der Waals surface area (Å²) in [5, 5.41) is 40.9. The van der Waals surface area contributed by atoms with E-state index >= 15 is 0 Å². The molecule has 0 bridgehead atoms. The zero-order valence-electron chi connectivity index (χ0n) is 14.2. The molecule has 7 N–H and O–H groups in total. The summed E-state index contributed by atoms with van der Waals surface area (Å²) in [6.45, 7) is -2.00. The second-order valence-electron chi connectivity index (χ2n) is 4.04. The Kier molecular flexibility index (Phi) is 34.2. The molecular weight excluding hydrogens is 361 g/mol. The zero-order valence-corrected chi connectivity index (χ0v) is 20.2. The second kappa shape index (κ2) is 20.5. The number of aliphatic hydroxyl groups excluding tert-OH is 1. The number of carbonyl (C=O) groups excluding carboxylic acids is 3. The van der Waals surface area contributed by atoms with Crippen molar-refractivity contribution in [2.45, 2.75) is 18.4 Å². The fourth-order valence-electron chi connectivity index (χ4n) is 1.86. The smallest absolute Gasteiger partial charge is 0.550 e. The van der Waals surface area contributed by atoms with Crippen molar-refractivity contribution in [2.75, 3.05) is 26.2 Å². The zero-order chi connectivity index (χ0) is 15.1. The number of hydrogen-bond donors (Lipinski definition) is 2. The van der Waals surface area contributed by atoms with Crippen LogP contribution in [0.4, 0.5) is 0 Å². The van der Waals surface area contributed by atoms with E-state index in [1.165, 1.54) is 0 Å². The normalized spacial score (nSPS) is 9.12. The maximum atomic E-state index is 10.7.